The number of alkyl carbamates (subject to hydrolysis) is 1. The number of aromatic nitrogens is 3. The Kier molecular flexibility index (Phi) is 6.76. The fourth-order valence-corrected chi connectivity index (χ4v) is 5.19. The van der Waals surface area contributed by atoms with Crippen LogP contribution in [-0.4, -0.2) is 60.6 Å². The first-order valence-electron chi connectivity index (χ1n) is 11.7. The molecule has 12 heteroatoms. The summed E-state index contributed by atoms with van der Waals surface area (Å²) in [6.45, 7) is 6.60. The van der Waals surface area contributed by atoms with Gasteiger partial charge in [0.05, 0.1) is 16.1 Å². The number of carbonyl (C=O) groups is 2. The first-order valence-corrected chi connectivity index (χ1v) is 13.6. The summed E-state index contributed by atoms with van der Waals surface area (Å²) in [6.07, 6.45) is 3.12. The highest BCUT2D eigenvalue weighted by Gasteiger charge is 2.32. The Morgan fingerprint density at radius 2 is 1.86 bits per heavy atom. The Morgan fingerprint density at radius 3 is 2.57 bits per heavy atom. The van der Waals surface area contributed by atoms with Gasteiger partial charge in [0.1, 0.15) is 23.4 Å². The molecule has 11 nitrogen and oxygen atoms in total. The van der Waals surface area contributed by atoms with Gasteiger partial charge in [-0.15, -0.1) is 0 Å². The van der Waals surface area contributed by atoms with Crippen molar-refractivity contribution in [3.05, 3.63) is 29.6 Å². The number of sulfone groups is 1. The summed E-state index contributed by atoms with van der Waals surface area (Å²) in [5.41, 5.74) is 0.327. The van der Waals surface area contributed by atoms with Gasteiger partial charge in [-0.2, -0.15) is 5.10 Å². The van der Waals surface area contributed by atoms with E-state index in [2.05, 4.69) is 20.9 Å². The maximum absolute atomic E-state index is 12.9. The number of anilines is 2. The molecular formula is C23H32N6O5S. The molecule has 35 heavy (non-hydrogen) atoms. The molecule has 190 valence electrons. The van der Waals surface area contributed by atoms with Crippen LogP contribution in [0.15, 0.2) is 23.1 Å². The zero-order chi connectivity index (χ0) is 25.4. The van der Waals surface area contributed by atoms with Gasteiger partial charge in [0.25, 0.3) is 5.91 Å². The van der Waals surface area contributed by atoms with Crippen molar-refractivity contribution in [2.45, 2.75) is 68.9 Å². The molecule has 2 aliphatic rings. The Labute approximate surface area is 204 Å². The Balaban J connectivity index is 1.75. The fraction of sp³-hybridized carbons (Fsp3) is 0.565. The number of fused-ring (bicyclic) bond motifs is 7. The summed E-state index contributed by atoms with van der Waals surface area (Å²) in [5, 5.41) is 13.5. The predicted octanol–water partition coefficient (Wildman–Crippen LogP) is 2.68. The smallest absolute Gasteiger partial charge is 0.407 e. The van der Waals surface area contributed by atoms with E-state index in [1.807, 2.05) is 31.5 Å². The maximum Gasteiger partial charge on any atom is 0.407 e. The monoisotopic (exact) mass is 504 g/mol. The maximum atomic E-state index is 12.9. The van der Waals surface area contributed by atoms with E-state index in [1.54, 1.807) is 6.07 Å². The Bertz CT molecular complexity index is 1230. The normalized spacial score (nSPS) is 21.7. The minimum Gasteiger partial charge on any atom is -0.446 e. The van der Waals surface area contributed by atoms with Gasteiger partial charge < -0.3 is 20.7 Å². The topological polar surface area (TPSA) is 144 Å². The highest BCUT2D eigenvalue weighted by Crippen LogP contribution is 2.38. The molecular weight excluding hydrogens is 472 g/mol. The molecule has 1 saturated carbocycles. The predicted molar refractivity (Wildman–Crippen MR) is 130 cm³/mol. The van der Waals surface area contributed by atoms with Crippen molar-refractivity contribution < 1.29 is 22.7 Å². The Hall–Kier alpha value is -3.15. The van der Waals surface area contributed by atoms with Gasteiger partial charge in [-0.1, -0.05) is 0 Å². The van der Waals surface area contributed by atoms with Crippen LogP contribution >= 0.6 is 0 Å². The number of carbonyl (C=O) groups excluding carboxylic acids is 2. The largest absolute Gasteiger partial charge is 0.446 e. The molecule has 4 rings (SSSR count). The molecule has 1 aliphatic carbocycles. The number of hydrogen-bond donors (Lipinski definition) is 3. The van der Waals surface area contributed by atoms with Crippen molar-refractivity contribution in [1.82, 2.24) is 25.4 Å². The second-order valence-electron chi connectivity index (χ2n) is 10.1. The van der Waals surface area contributed by atoms with E-state index in [0.29, 0.717) is 31.0 Å². The lowest BCUT2D eigenvalue weighted by Crippen LogP contribution is -2.32. The van der Waals surface area contributed by atoms with E-state index in [-0.39, 0.29) is 34.7 Å². The van der Waals surface area contributed by atoms with E-state index < -0.39 is 21.8 Å². The van der Waals surface area contributed by atoms with Gasteiger partial charge in [0.15, 0.2) is 9.84 Å². The van der Waals surface area contributed by atoms with Gasteiger partial charge in [-0.05, 0) is 58.6 Å². The molecule has 3 heterocycles. The van der Waals surface area contributed by atoms with Crippen LogP contribution in [-0.2, 0) is 20.1 Å². The lowest BCUT2D eigenvalue weighted by Gasteiger charge is -2.23. The molecule has 6 bridgehead atoms. The van der Waals surface area contributed by atoms with E-state index in [4.69, 9.17) is 9.84 Å². The van der Waals surface area contributed by atoms with Crippen molar-refractivity contribution in [3.8, 4) is 0 Å². The highest BCUT2D eigenvalue weighted by molar-refractivity contribution is 7.90. The fourth-order valence-electron chi connectivity index (χ4n) is 4.38. The van der Waals surface area contributed by atoms with Crippen molar-refractivity contribution in [2.75, 3.05) is 24.7 Å². The zero-order valence-corrected chi connectivity index (χ0v) is 21.2. The highest BCUT2D eigenvalue weighted by atomic mass is 32.2. The number of nitrogens with zero attached hydrogens (tertiary/aromatic N) is 3. The molecule has 2 amide bonds. The summed E-state index contributed by atoms with van der Waals surface area (Å²) >= 11 is 0. The number of rotatable bonds is 1. The number of pyridine rings is 1. The lowest BCUT2D eigenvalue weighted by atomic mass is 10.0. The van der Waals surface area contributed by atoms with Crippen LogP contribution in [0.5, 0.6) is 0 Å². The number of nitrogens with one attached hydrogen (secondary N) is 3. The molecule has 2 aromatic rings. The second-order valence-corrected chi connectivity index (χ2v) is 12.0. The average molecular weight is 505 g/mol. The molecule has 0 unspecified atom stereocenters. The molecule has 3 N–H and O–H groups in total. The van der Waals surface area contributed by atoms with Crippen LogP contribution in [0.25, 0.3) is 0 Å². The van der Waals surface area contributed by atoms with Gasteiger partial charge in [0.2, 0.25) is 0 Å². The molecule has 1 fully saturated rings. The third-order valence-corrected chi connectivity index (χ3v) is 7.21. The standard InChI is InChI=1S/C23H32N6O5S/c1-23(2,3)29-19-13-16(28-29)14-6-7-15(12-14)34-22(31)25-11-5-10-24-21(30)20-17(35(4,32)33)8-9-18(26-19)27-20/h8-9,13-15H,5-7,10-12H2,1-4H3,(H,24,30)(H,25,31)(H,26,27)/t14-,15+/m0/s1. The van der Waals surface area contributed by atoms with E-state index in [1.165, 1.54) is 6.07 Å². The third kappa shape index (κ3) is 5.75. The number of amides is 2. The molecule has 0 aromatic carbocycles. The first kappa shape index (κ1) is 25.0. The SMILES string of the molecule is CC(C)(C)n1nc2cc1Nc1ccc(S(C)(=O)=O)c(n1)C(=O)NCCCNC(=O)O[C@@H]1CC[C@H]2C1. The molecule has 1 aliphatic heterocycles. The van der Waals surface area contributed by atoms with Crippen LogP contribution in [0.3, 0.4) is 0 Å². The van der Waals surface area contributed by atoms with Gasteiger partial charge in [0, 0.05) is 31.3 Å². The van der Waals surface area contributed by atoms with Crippen molar-refractivity contribution in [2.24, 2.45) is 0 Å². The molecule has 2 aromatic heterocycles. The minimum atomic E-state index is -3.69. The van der Waals surface area contributed by atoms with Crippen molar-refractivity contribution in [1.29, 1.82) is 0 Å². The summed E-state index contributed by atoms with van der Waals surface area (Å²) in [6, 6.07) is 4.86. The lowest BCUT2D eigenvalue weighted by molar-refractivity contribution is 0.0944. The van der Waals surface area contributed by atoms with Crippen molar-refractivity contribution in [3.63, 3.8) is 0 Å². The number of hydrogen-bond acceptors (Lipinski definition) is 8. The van der Waals surface area contributed by atoms with Crippen LogP contribution < -0.4 is 16.0 Å². The van der Waals surface area contributed by atoms with E-state index >= 15 is 0 Å². The molecule has 2 atom stereocenters. The average Bonchev–Trinajstić information content (AvgIpc) is 3.39. The zero-order valence-electron chi connectivity index (χ0n) is 20.4. The van der Waals surface area contributed by atoms with E-state index in [0.717, 1.165) is 24.8 Å². The minimum absolute atomic E-state index is 0.137. The van der Waals surface area contributed by atoms with Gasteiger partial charge >= 0.3 is 6.09 Å². The molecule has 0 spiro atoms. The summed E-state index contributed by atoms with van der Waals surface area (Å²) in [7, 11) is -3.69. The van der Waals surface area contributed by atoms with Crippen LogP contribution in [0.4, 0.5) is 16.4 Å². The van der Waals surface area contributed by atoms with Crippen LogP contribution in [0.1, 0.15) is 68.6 Å². The van der Waals surface area contributed by atoms with Crippen LogP contribution in [0.2, 0.25) is 0 Å². The van der Waals surface area contributed by atoms with Crippen molar-refractivity contribution >= 4 is 33.5 Å². The summed E-state index contributed by atoms with van der Waals surface area (Å²) in [4.78, 5) is 29.3. The summed E-state index contributed by atoms with van der Waals surface area (Å²) < 4.78 is 32.0. The molecule has 0 saturated heterocycles. The Morgan fingerprint density at radius 1 is 1.11 bits per heavy atom. The number of ether oxygens (including phenoxy) is 1. The van der Waals surface area contributed by atoms with Gasteiger partial charge in [-0.3, -0.25) is 4.79 Å². The summed E-state index contributed by atoms with van der Waals surface area (Å²) in [5.74, 6) is 0.528. The quantitative estimate of drug-likeness (QED) is 0.538. The van der Waals surface area contributed by atoms with Gasteiger partial charge in [-0.25, -0.2) is 22.9 Å². The third-order valence-electron chi connectivity index (χ3n) is 6.08. The van der Waals surface area contributed by atoms with E-state index in [9.17, 15) is 18.0 Å². The first-order chi connectivity index (χ1) is 16.4. The second kappa shape index (κ2) is 9.48. The van der Waals surface area contributed by atoms with Crippen LogP contribution in [0, 0.1) is 0 Å². The molecule has 0 radical (unpaired) electrons.